The second kappa shape index (κ2) is 12.3. The Labute approximate surface area is 228 Å². The molecule has 0 fully saturated rings. The lowest BCUT2D eigenvalue weighted by atomic mass is 9.71. The maximum absolute atomic E-state index is 13.9. The van der Waals surface area contributed by atoms with Crippen LogP contribution in [-0.2, 0) is 19.1 Å². The molecule has 1 heterocycles. The third-order valence-corrected chi connectivity index (χ3v) is 7.19. The molecule has 208 valence electrons. The molecule has 0 radical (unpaired) electrons. The lowest BCUT2D eigenvalue weighted by Gasteiger charge is -2.37. The minimum absolute atomic E-state index is 0.0435. The minimum Gasteiger partial charge on any atom is -0.493 e. The molecular weight excluding hydrogens is 502 g/mol. The number of hydrogen-bond acceptors (Lipinski definition) is 9. The number of hydrogen-bond donors (Lipinski definition) is 1. The van der Waals surface area contributed by atoms with Crippen LogP contribution in [0.15, 0.2) is 58.9 Å². The number of rotatable bonds is 10. The average Bonchev–Trinajstić information content (AvgIpc) is 2.95. The molecule has 2 aliphatic rings. The van der Waals surface area contributed by atoms with Crippen LogP contribution in [0.25, 0.3) is 0 Å². The fourth-order valence-corrected chi connectivity index (χ4v) is 5.31. The Hall–Kier alpha value is -3.98. The molecule has 2 atom stereocenters. The van der Waals surface area contributed by atoms with Crippen LogP contribution in [0.4, 0.5) is 0 Å². The first-order valence-electron chi connectivity index (χ1n) is 12.7. The third kappa shape index (κ3) is 5.59. The Kier molecular flexibility index (Phi) is 8.81. The van der Waals surface area contributed by atoms with E-state index in [2.05, 4.69) is 5.32 Å². The fourth-order valence-electron chi connectivity index (χ4n) is 5.31. The van der Waals surface area contributed by atoms with Gasteiger partial charge in [0, 0.05) is 36.4 Å². The van der Waals surface area contributed by atoms with Crippen molar-refractivity contribution in [1.82, 2.24) is 5.32 Å². The van der Waals surface area contributed by atoms with E-state index in [1.807, 2.05) is 37.3 Å². The standard InChI is InChI=1S/C30H35NO8/c1-17-27(30(33)39-12-11-34-2)28(19-8-10-24(36-4)26(16-19)38-6)29-21(31-17)13-20(14-22(29)32)18-7-9-23(35-3)25(15-18)37-5/h7-10,15-16,20,28,31H,11-14H2,1-6H3/t20-,28-/m0/s1. The maximum atomic E-state index is 13.9. The van der Waals surface area contributed by atoms with E-state index in [1.165, 1.54) is 0 Å². The zero-order chi connectivity index (χ0) is 28.1. The number of ketones is 1. The molecule has 0 spiro atoms. The van der Waals surface area contributed by atoms with Crippen molar-refractivity contribution in [1.29, 1.82) is 0 Å². The van der Waals surface area contributed by atoms with Crippen LogP contribution in [0.2, 0.25) is 0 Å². The smallest absolute Gasteiger partial charge is 0.336 e. The van der Waals surface area contributed by atoms with Crippen molar-refractivity contribution in [2.45, 2.75) is 31.6 Å². The number of esters is 1. The van der Waals surface area contributed by atoms with Crippen LogP contribution in [0.3, 0.4) is 0 Å². The lowest BCUT2D eigenvalue weighted by Crippen LogP contribution is -2.36. The van der Waals surface area contributed by atoms with Gasteiger partial charge in [0.05, 0.1) is 40.6 Å². The topological polar surface area (TPSA) is 102 Å². The van der Waals surface area contributed by atoms with Crippen molar-refractivity contribution in [3.8, 4) is 23.0 Å². The van der Waals surface area contributed by atoms with Crippen LogP contribution >= 0.6 is 0 Å². The normalized spacial score (nSPS) is 18.8. The van der Waals surface area contributed by atoms with Crippen molar-refractivity contribution < 1.29 is 38.0 Å². The average molecular weight is 538 g/mol. The Bertz CT molecular complexity index is 1310. The van der Waals surface area contributed by atoms with E-state index in [0.29, 0.717) is 46.3 Å². The first-order valence-corrected chi connectivity index (χ1v) is 12.7. The van der Waals surface area contributed by atoms with Crippen LogP contribution < -0.4 is 24.3 Å². The van der Waals surface area contributed by atoms with Gasteiger partial charge in [-0.2, -0.15) is 0 Å². The Morgan fingerprint density at radius 2 is 1.41 bits per heavy atom. The van der Waals surface area contributed by atoms with Crippen molar-refractivity contribution in [2.24, 2.45) is 0 Å². The van der Waals surface area contributed by atoms with Gasteiger partial charge in [0.25, 0.3) is 0 Å². The van der Waals surface area contributed by atoms with Gasteiger partial charge in [-0.1, -0.05) is 12.1 Å². The van der Waals surface area contributed by atoms with Gasteiger partial charge in [-0.3, -0.25) is 4.79 Å². The molecule has 1 aliphatic heterocycles. The van der Waals surface area contributed by atoms with Crippen LogP contribution in [-0.4, -0.2) is 60.5 Å². The van der Waals surface area contributed by atoms with Gasteiger partial charge in [-0.25, -0.2) is 4.79 Å². The molecule has 1 N–H and O–H groups in total. The highest BCUT2D eigenvalue weighted by atomic mass is 16.6. The molecule has 0 saturated carbocycles. The number of Topliss-reactive ketones (excluding diaryl/α,β-unsaturated/α-hetero) is 1. The molecule has 9 heteroatoms. The summed E-state index contributed by atoms with van der Waals surface area (Å²) in [6.45, 7) is 2.20. The van der Waals surface area contributed by atoms with Gasteiger partial charge in [-0.05, 0) is 54.7 Å². The summed E-state index contributed by atoms with van der Waals surface area (Å²) in [5.74, 6) is 1.05. The number of benzene rings is 2. The molecule has 0 bridgehead atoms. The maximum Gasteiger partial charge on any atom is 0.336 e. The molecule has 9 nitrogen and oxygen atoms in total. The molecular formula is C30H35NO8. The second-order valence-electron chi connectivity index (χ2n) is 9.37. The van der Waals surface area contributed by atoms with Crippen LogP contribution in [0.1, 0.15) is 42.7 Å². The molecule has 4 rings (SSSR count). The van der Waals surface area contributed by atoms with E-state index >= 15 is 0 Å². The summed E-state index contributed by atoms with van der Waals surface area (Å²) < 4.78 is 32.4. The number of carbonyl (C=O) groups excluding carboxylic acids is 2. The van der Waals surface area contributed by atoms with Crippen molar-refractivity contribution in [2.75, 3.05) is 48.8 Å². The summed E-state index contributed by atoms with van der Waals surface area (Å²) >= 11 is 0. The number of methoxy groups -OCH3 is 5. The highest BCUT2D eigenvalue weighted by Gasteiger charge is 2.41. The van der Waals surface area contributed by atoms with E-state index in [1.54, 1.807) is 41.6 Å². The predicted molar refractivity (Wildman–Crippen MR) is 145 cm³/mol. The fraction of sp³-hybridized carbons (Fsp3) is 0.400. The van der Waals surface area contributed by atoms with Gasteiger partial charge in [-0.15, -0.1) is 0 Å². The summed E-state index contributed by atoms with van der Waals surface area (Å²) in [6.07, 6.45) is 0.870. The number of allylic oxidation sites excluding steroid dienone is 3. The van der Waals surface area contributed by atoms with Gasteiger partial charge in [0.15, 0.2) is 28.8 Å². The zero-order valence-corrected chi connectivity index (χ0v) is 23.2. The SMILES string of the molecule is COCCOC(=O)C1=C(C)NC2=C(C(=O)C[C@@H](c3ccc(OC)c(OC)c3)C2)[C@H]1c1ccc(OC)c(OC)c1. The number of dihydropyridines is 1. The summed E-state index contributed by atoms with van der Waals surface area (Å²) in [5, 5.41) is 3.37. The molecule has 39 heavy (non-hydrogen) atoms. The van der Waals surface area contributed by atoms with Crippen LogP contribution in [0, 0.1) is 0 Å². The Morgan fingerprint density at radius 1 is 0.821 bits per heavy atom. The molecule has 2 aromatic rings. The second-order valence-corrected chi connectivity index (χ2v) is 9.37. The number of carbonyl (C=O) groups is 2. The van der Waals surface area contributed by atoms with E-state index in [-0.39, 0.29) is 31.3 Å². The largest absolute Gasteiger partial charge is 0.493 e. The highest BCUT2D eigenvalue weighted by molar-refractivity contribution is 6.04. The molecule has 0 saturated heterocycles. The first-order chi connectivity index (χ1) is 18.9. The van der Waals surface area contributed by atoms with E-state index in [0.717, 1.165) is 16.8 Å². The van der Waals surface area contributed by atoms with Gasteiger partial charge >= 0.3 is 5.97 Å². The Balaban J connectivity index is 1.78. The van der Waals surface area contributed by atoms with Gasteiger partial charge in [0.2, 0.25) is 0 Å². The zero-order valence-electron chi connectivity index (χ0n) is 23.2. The Morgan fingerprint density at radius 3 is 2.00 bits per heavy atom. The minimum atomic E-state index is -0.630. The monoisotopic (exact) mass is 537 g/mol. The van der Waals surface area contributed by atoms with Gasteiger partial charge < -0.3 is 33.7 Å². The summed E-state index contributed by atoms with van der Waals surface area (Å²) in [4.78, 5) is 27.2. The van der Waals surface area contributed by atoms with Gasteiger partial charge in [0.1, 0.15) is 6.61 Å². The predicted octanol–water partition coefficient (Wildman–Crippen LogP) is 4.27. The third-order valence-electron chi connectivity index (χ3n) is 7.19. The van der Waals surface area contributed by atoms with Crippen molar-refractivity contribution in [3.63, 3.8) is 0 Å². The summed E-state index contributed by atoms with van der Waals surface area (Å²) in [6, 6.07) is 11.2. The van der Waals surface area contributed by atoms with E-state index in [9.17, 15) is 9.59 Å². The highest BCUT2D eigenvalue weighted by Crippen LogP contribution is 2.47. The molecule has 0 amide bonds. The number of ether oxygens (including phenoxy) is 6. The van der Waals surface area contributed by atoms with Crippen LogP contribution in [0.5, 0.6) is 23.0 Å². The molecule has 0 aromatic heterocycles. The number of nitrogens with one attached hydrogen (secondary N) is 1. The summed E-state index contributed by atoms with van der Waals surface area (Å²) in [7, 11) is 7.83. The van der Waals surface area contributed by atoms with E-state index in [4.69, 9.17) is 28.4 Å². The molecule has 1 aliphatic carbocycles. The molecule has 0 unspecified atom stereocenters. The van der Waals surface area contributed by atoms with E-state index < -0.39 is 11.9 Å². The first kappa shape index (κ1) is 28.0. The van der Waals surface area contributed by atoms with Crippen molar-refractivity contribution >= 4 is 11.8 Å². The lowest BCUT2D eigenvalue weighted by molar-refractivity contribution is -0.140. The molecule has 2 aromatic carbocycles. The quantitative estimate of drug-likeness (QED) is 0.352. The van der Waals surface area contributed by atoms with Crippen molar-refractivity contribution in [3.05, 3.63) is 70.1 Å². The summed E-state index contributed by atoms with van der Waals surface area (Å²) in [5.41, 5.74) is 4.08.